The van der Waals surface area contributed by atoms with E-state index in [2.05, 4.69) is 30.9 Å². The van der Waals surface area contributed by atoms with Gasteiger partial charge >= 0.3 is 0 Å². The van der Waals surface area contributed by atoms with Crippen molar-refractivity contribution in [3.8, 4) is 5.75 Å². The number of anilines is 4. The van der Waals surface area contributed by atoms with E-state index in [4.69, 9.17) is 4.74 Å². The second kappa shape index (κ2) is 6.10. The zero-order chi connectivity index (χ0) is 16.5. The Kier molecular flexibility index (Phi) is 3.79. The number of ether oxygens (including phenoxy) is 1. The Bertz CT molecular complexity index is 715. The summed E-state index contributed by atoms with van der Waals surface area (Å²) >= 11 is 0. The molecule has 1 aromatic heterocycles. The summed E-state index contributed by atoms with van der Waals surface area (Å²) in [4.78, 5) is 13.1. The van der Waals surface area contributed by atoms with E-state index in [-0.39, 0.29) is 5.75 Å². The van der Waals surface area contributed by atoms with Crippen molar-refractivity contribution in [1.82, 2.24) is 15.0 Å². The third kappa shape index (κ3) is 3.64. The van der Waals surface area contributed by atoms with Gasteiger partial charge in [0.05, 0.1) is 7.11 Å². The molecular formula is C16H19FN6O. The van der Waals surface area contributed by atoms with Gasteiger partial charge in [0.1, 0.15) is 0 Å². The summed E-state index contributed by atoms with van der Waals surface area (Å²) in [6.45, 7) is 0. The van der Waals surface area contributed by atoms with Crippen molar-refractivity contribution in [3.63, 3.8) is 0 Å². The molecule has 2 aromatic rings. The predicted octanol–water partition coefficient (Wildman–Crippen LogP) is 2.91. The van der Waals surface area contributed by atoms with Crippen molar-refractivity contribution in [3.05, 3.63) is 24.0 Å². The molecule has 0 saturated heterocycles. The number of halogens is 1. The summed E-state index contributed by atoms with van der Waals surface area (Å²) in [6, 6.07) is 5.50. The fourth-order valence-electron chi connectivity index (χ4n) is 2.25. The predicted molar refractivity (Wildman–Crippen MR) is 89.4 cm³/mol. The van der Waals surface area contributed by atoms with Crippen LogP contribution in [0.2, 0.25) is 0 Å². The van der Waals surface area contributed by atoms with Crippen LogP contribution in [-0.2, 0) is 0 Å². The number of aromatic nitrogens is 3. The van der Waals surface area contributed by atoms with Gasteiger partial charge in [0.15, 0.2) is 11.6 Å². The topological polar surface area (TPSA) is 84.0 Å². The zero-order valence-electron chi connectivity index (χ0n) is 13.3. The Labute approximate surface area is 139 Å². The summed E-state index contributed by atoms with van der Waals surface area (Å²) < 4.78 is 18.8. The first kappa shape index (κ1) is 14.9. The van der Waals surface area contributed by atoms with Crippen molar-refractivity contribution in [2.45, 2.75) is 37.8 Å². The summed E-state index contributed by atoms with van der Waals surface area (Å²) in [7, 11) is 1.43. The molecule has 4 rings (SSSR count). The molecule has 2 aliphatic rings. The van der Waals surface area contributed by atoms with E-state index in [0.717, 1.165) is 25.7 Å². The van der Waals surface area contributed by atoms with Crippen LogP contribution >= 0.6 is 0 Å². The van der Waals surface area contributed by atoms with Crippen molar-refractivity contribution in [1.29, 1.82) is 0 Å². The molecule has 0 unspecified atom stereocenters. The Morgan fingerprint density at radius 3 is 2.04 bits per heavy atom. The molecule has 3 N–H and O–H groups in total. The molecule has 0 atom stereocenters. The van der Waals surface area contributed by atoms with Crippen molar-refractivity contribution >= 4 is 23.5 Å². The van der Waals surface area contributed by atoms with Gasteiger partial charge < -0.3 is 20.7 Å². The van der Waals surface area contributed by atoms with Crippen LogP contribution in [0.1, 0.15) is 25.7 Å². The summed E-state index contributed by atoms with van der Waals surface area (Å²) in [5.74, 6) is 1.20. The minimum atomic E-state index is -0.441. The average molecular weight is 330 g/mol. The van der Waals surface area contributed by atoms with Crippen LogP contribution in [0.4, 0.5) is 27.9 Å². The van der Waals surface area contributed by atoms with E-state index in [0.29, 0.717) is 35.6 Å². The fourth-order valence-corrected chi connectivity index (χ4v) is 2.25. The highest BCUT2D eigenvalue weighted by Gasteiger charge is 2.25. The van der Waals surface area contributed by atoms with Crippen LogP contribution < -0.4 is 20.7 Å². The highest BCUT2D eigenvalue weighted by Crippen LogP contribution is 2.27. The Morgan fingerprint density at radius 2 is 1.54 bits per heavy atom. The van der Waals surface area contributed by atoms with E-state index >= 15 is 0 Å². The normalized spacial score (nSPS) is 16.6. The maximum Gasteiger partial charge on any atom is 0.233 e. The molecule has 2 aliphatic carbocycles. The van der Waals surface area contributed by atoms with Crippen molar-refractivity contribution < 1.29 is 9.13 Å². The maximum atomic E-state index is 13.8. The van der Waals surface area contributed by atoms with E-state index < -0.39 is 5.82 Å². The smallest absolute Gasteiger partial charge is 0.233 e. The molecule has 126 valence electrons. The Morgan fingerprint density at radius 1 is 0.958 bits per heavy atom. The second-order valence-corrected chi connectivity index (χ2v) is 6.12. The van der Waals surface area contributed by atoms with E-state index in [1.165, 1.54) is 13.2 Å². The highest BCUT2D eigenvalue weighted by atomic mass is 19.1. The number of rotatable bonds is 7. The van der Waals surface area contributed by atoms with E-state index in [1.54, 1.807) is 12.1 Å². The monoisotopic (exact) mass is 330 g/mol. The number of hydrogen-bond acceptors (Lipinski definition) is 7. The lowest BCUT2D eigenvalue weighted by Crippen LogP contribution is -2.13. The van der Waals surface area contributed by atoms with Gasteiger partial charge in [-0.05, 0) is 37.8 Å². The van der Waals surface area contributed by atoms with Gasteiger partial charge in [-0.3, -0.25) is 0 Å². The Hall–Kier alpha value is -2.64. The van der Waals surface area contributed by atoms with Gasteiger partial charge in [0.25, 0.3) is 0 Å². The molecule has 1 aromatic carbocycles. The van der Waals surface area contributed by atoms with E-state index in [9.17, 15) is 4.39 Å². The third-order valence-corrected chi connectivity index (χ3v) is 3.86. The first-order chi connectivity index (χ1) is 11.7. The van der Waals surface area contributed by atoms with Crippen LogP contribution in [0.15, 0.2) is 18.2 Å². The summed E-state index contributed by atoms with van der Waals surface area (Å²) in [5.41, 5.74) is 0.550. The van der Waals surface area contributed by atoms with Gasteiger partial charge in [0.2, 0.25) is 17.8 Å². The molecule has 0 bridgehead atoms. The molecule has 0 radical (unpaired) electrons. The van der Waals surface area contributed by atoms with Crippen molar-refractivity contribution in [2.75, 3.05) is 23.1 Å². The van der Waals surface area contributed by atoms with Gasteiger partial charge in [-0.15, -0.1) is 0 Å². The number of benzene rings is 1. The number of nitrogens with zero attached hydrogens (tertiary/aromatic N) is 3. The molecular weight excluding hydrogens is 311 g/mol. The van der Waals surface area contributed by atoms with E-state index in [1.807, 2.05) is 0 Å². The molecule has 8 heteroatoms. The Balaban J connectivity index is 1.56. The van der Waals surface area contributed by atoms with Gasteiger partial charge in [-0.25, -0.2) is 4.39 Å². The SMILES string of the molecule is COc1ccc(Nc2nc(NC3CC3)nc(NC3CC3)n2)cc1F. The first-order valence-electron chi connectivity index (χ1n) is 8.09. The number of nitrogens with one attached hydrogen (secondary N) is 3. The number of methoxy groups -OCH3 is 1. The summed E-state index contributed by atoms with van der Waals surface area (Å²) in [5, 5.41) is 9.57. The maximum absolute atomic E-state index is 13.8. The lowest BCUT2D eigenvalue weighted by molar-refractivity contribution is 0.386. The van der Waals surface area contributed by atoms with Crippen LogP contribution in [0, 0.1) is 5.82 Å². The molecule has 2 fully saturated rings. The molecule has 0 spiro atoms. The van der Waals surface area contributed by atoms with Crippen LogP contribution in [0.5, 0.6) is 5.75 Å². The molecule has 0 amide bonds. The lowest BCUT2D eigenvalue weighted by Gasteiger charge is -2.11. The molecule has 1 heterocycles. The molecule has 7 nitrogen and oxygen atoms in total. The highest BCUT2D eigenvalue weighted by molar-refractivity contribution is 5.57. The average Bonchev–Trinajstić information content (AvgIpc) is 3.44. The van der Waals surface area contributed by atoms with Gasteiger partial charge in [0, 0.05) is 23.8 Å². The van der Waals surface area contributed by atoms with Gasteiger partial charge in [-0.1, -0.05) is 0 Å². The first-order valence-corrected chi connectivity index (χ1v) is 8.09. The molecule has 2 saturated carbocycles. The minimum absolute atomic E-state index is 0.198. The second-order valence-electron chi connectivity index (χ2n) is 6.12. The fraction of sp³-hybridized carbons (Fsp3) is 0.438. The largest absolute Gasteiger partial charge is 0.494 e. The molecule has 24 heavy (non-hydrogen) atoms. The molecule has 0 aliphatic heterocycles. The van der Waals surface area contributed by atoms with Crippen LogP contribution in [0.25, 0.3) is 0 Å². The van der Waals surface area contributed by atoms with Crippen molar-refractivity contribution in [2.24, 2.45) is 0 Å². The van der Waals surface area contributed by atoms with Crippen LogP contribution in [-0.4, -0.2) is 34.1 Å². The van der Waals surface area contributed by atoms with Crippen LogP contribution in [0.3, 0.4) is 0 Å². The third-order valence-electron chi connectivity index (χ3n) is 3.86. The lowest BCUT2D eigenvalue weighted by atomic mass is 10.3. The standard InChI is InChI=1S/C16H19FN6O/c1-24-13-7-6-11(8-12(13)17)20-16-22-14(18-9-2-3-9)21-15(23-16)19-10-4-5-10/h6-10H,2-5H2,1H3,(H3,18,19,20,21,22,23). The zero-order valence-corrected chi connectivity index (χ0v) is 13.3. The number of hydrogen-bond donors (Lipinski definition) is 3. The summed E-state index contributed by atoms with van der Waals surface area (Å²) in [6.07, 6.45) is 4.51. The minimum Gasteiger partial charge on any atom is -0.494 e. The van der Waals surface area contributed by atoms with Gasteiger partial charge in [-0.2, -0.15) is 15.0 Å². The quantitative estimate of drug-likeness (QED) is 0.720.